The molecule has 0 aromatic carbocycles. The number of aryl methyl sites for hydroxylation is 2. The number of hydrogen-bond acceptors (Lipinski definition) is 2. The highest BCUT2D eigenvalue weighted by Gasteiger charge is 2.22. The van der Waals surface area contributed by atoms with Crippen LogP contribution in [0.15, 0.2) is 0 Å². The molecule has 0 saturated carbocycles. The van der Waals surface area contributed by atoms with Crippen LogP contribution < -0.4 is 5.73 Å². The van der Waals surface area contributed by atoms with E-state index in [0.717, 1.165) is 35.7 Å². The van der Waals surface area contributed by atoms with Crippen molar-refractivity contribution in [1.82, 2.24) is 9.78 Å². The van der Waals surface area contributed by atoms with Crippen molar-refractivity contribution in [3.05, 3.63) is 16.4 Å². The van der Waals surface area contributed by atoms with Crippen LogP contribution in [0.1, 0.15) is 38.1 Å². The van der Waals surface area contributed by atoms with Gasteiger partial charge in [-0.1, -0.05) is 24.9 Å². The Kier molecular flexibility index (Phi) is 3.79. The molecule has 1 atom stereocenters. The minimum absolute atomic E-state index is 0.196. The quantitative estimate of drug-likeness (QED) is 0.862. The first kappa shape index (κ1) is 12.5. The fourth-order valence-corrected chi connectivity index (χ4v) is 2.14. The van der Waals surface area contributed by atoms with Gasteiger partial charge >= 0.3 is 0 Å². The van der Waals surface area contributed by atoms with Crippen LogP contribution in [0, 0.1) is 6.92 Å². The number of hydrogen-bond donors (Lipinski definition) is 1. The predicted molar refractivity (Wildman–Crippen MR) is 64.2 cm³/mol. The molecule has 0 aliphatic heterocycles. The molecule has 0 saturated heterocycles. The van der Waals surface area contributed by atoms with Crippen LogP contribution in [-0.4, -0.2) is 15.3 Å². The van der Waals surface area contributed by atoms with E-state index in [1.165, 1.54) is 0 Å². The molecule has 3 nitrogen and oxygen atoms in total. The van der Waals surface area contributed by atoms with E-state index in [9.17, 15) is 0 Å². The molecule has 1 rings (SSSR count). The molecule has 0 radical (unpaired) electrons. The number of halogens is 1. The van der Waals surface area contributed by atoms with Crippen LogP contribution in [0.2, 0.25) is 5.02 Å². The zero-order chi connectivity index (χ0) is 11.6. The van der Waals surface area contributed by atoms with Crippen molar-refractivity contribution in [1.29, 1.82) is 0 Å². The summed E-state index contributed by atoms with van der Waals surface area (Å²) in [6.45, 7) is 6.12. The molecule has 0 amide bonds. The second-order valence-corrected chi connectivity index (χ2v) is 4.93. The summed E-state index contributed by atoms with van der Waals surface area (Å²) < 4.78 is 1.83. The lowest BCUT2D eigenvalue weighted by atomic mass is 9.92. The normalized spacial score (nSPS) is 15.3. The van der Waals surface area contributed by atoms with Crippen LogP contribution in [0.4, 0.5) is 0 Å². The minimum Gasteiger partial charge on any atom is -0.325 e. The lowest BCUT2D eigenvalue weighted by molar-refractivity contribution is 0.413. The third-order valence-corrected chi connectivity index (χ3v) is 3.15. The monoisotopic (exact) mass is 229 g/mol. The van der Waals surface area contributed by atoms with E-state index in [1.807, 2.05) is 18.7 Å². The SMILES string of the molecule is CCCC(C)(N)Cc1c(Cl)c(C)nn1C. The van der Waals surface area contributed by atoms with E-state index in [0.29, 0.717) is 0 Å². The van der Waals surface area contributed by atoms with Gasteiger partial charge in [-0.25, -0.2) is 0 Å². The van der Waals surface area contributed by atoms with Crippen molar-refractivity contribution in [2.24, 2.45) is 12.8 Å². The highest BCUT2D eigenvalue weighted by atomic mass is 35.5. The van der Waals surface area contributed by atoms with Crippen molar-refractivity contribution < 1.29 is 0 Å². The molecular formula is C11H20ClN3. The fourth-order valence-electron chi connectivity index (χ4n) is 1.91. The van der Waals surface area contributed by atoms with Gasteiger partial charge in [0.1, 0.15) is 0 Å². The predicted octanol–water partition coefficient (Wildman–Crippen LogP) is 2.44. The second-order valence-electron chi connectivity index (χ2n) is 4.55. The summed E-state index contributed by atoms with van der Waals surface area (Å²) in [6.07, 6.45) is 2.85. The zero-order valence-electron chi connectivity index (χ0n) is 9.97. The van der Waals surface area contributed by atoms with Crippen LogP contribution in [0.5, 0.6) is 0 Å². The molecule has 1 unspecified atom stereocenters. The Labute approximate surface area is 96.6 Å². The molecule has 0 fully saturated rings. The van der Waals surface area contributed by atoms with Crippen LogP contribution in [-0.2, 0) is 13.5 Å². The van der Waals surface area contributed by atoms with Crippen molar-refractivity contribution >= 4 is 11.6 Å². The Balaban J connectivity index is 2.89. The van der Waals surface area contributed by atoms with Gasteiger partial charge in [-0.3, -0.25) is 4.68 Å². The van der Waals surface area contributed by atoms with E-state index in [-0.39, 0.29) is 5.54 Å². The number of aromatic nitrogens is 2. The third-order valence-electron chi connectivity index (χ3n) is 2.65. The lowest BCUT2D eigenvalue weighted by Gasteiger charge is -2.24. The molecule has 0 aliphatic rings. The van der Waals surface area contributed by atoms with Gasteiger partial charge in [0, 0.05) is 19.0 Å². The van der Waals surface area contributed by atoms with E-state index < -0.39 is 0 Å². The zero-order valence-corrected chi connectivity index (χ0v) is 10.7. The van der Waals surface area contributed by atoms with E-state index in [2.05, 4.69) is 18.9 Å². The molecule has 0 bridgehead atoms. The van der Waals surface area contributed by atoms with Gasteiger partial charge in [-0.2, -0.15) is 5.10 Å². The summed E-state index contributed by atoms with van der Waals surface area (Å²) in [5.74, 6) is 0. The Morgan fingerprint density at radius 1 is 1.53 bits per heavy atom. The first-order chi connectivity index (χ1) is 6.87. The van der Waals surface area contributed by atoms with Gasteiger partial charge in [-0.05, 0) is 20.3 Å². The van der Waals surface area contributed by atoms with E-state index >= 15 is 0 Å². The topological polar surface area (TPSA) is 43.8 Å². The summed E-state index contributed by atoms with van der Waals surface area (Å²) >= 11 is 6.18. The maximum Gasteiger partial charge on any atom is 0.0847 e. The Morgan fingerprint density at radius 2 is 2.13 bits per heavy atom. The van der Waals surface area contributed by atoms with Gasteiger partial charge in [-0.15, -0.1) is 0 Å². The van der Waals surface area contributed by atoms with E-state index in [1.54, 1.807) is 0 Å². The smallest absolute Gasteiger partial charge is 0.0847 e. The maximum atomic E-state index is 6.21. The Morgan fingerprint density at radius 3 is 2.53 bits per heavy atom. The molecule has 15 heavy (non-hydrogen) atoms. The molecule has 0 spiro atoms. The molecule has 2 N–H and O–H groups in total. The largest absolute Gasteiger partial charge is 0.325 e. The summed E-state index contributed by atoms with van der Waals surface area (Å²) in [7, 11) is 1.91. The number of rotatable bonds is 4. The van der Waals surface area contributed by atoms with Gasteiger partial charge in [0.05, 0.1) is 16.4 Å². The first-order valence-corrected chi connectivity index (χ1v) is 5.72. The standard InChI is InChI=1S/C11H20ClN3/c1-5-6-11(3,13)7-9-10(12)8(2)14-15(9)4/h5-7,13H2,1-4H3. The second kappa shape index (κ2) is 4.54. The molecule has 0 aliphatic carbocycles. The van der Waals surface area contributed by atoms with Gasteiger partial charge < -0.3 is 5.73 Å². The van der Waals surface area contributed by atoms with Gasteiger partial charge in [0.2, 0.25) is 0 Å². The number of nitrogens with zero attached hydrogens (tertiary/aromatic N) is 2. The number of nitrogens with two attached hydrogens (primary N) is 1. The summed E-state index contributed by atoms with van der Waals surface area (Å²) in [5.41, 5.74) is 7.92. The maximum absolute atomic E-state index is 6.21. The Hall–Kier alpha value is -0.540. The van der Waals surface area contributed by atoms with Crippen molar-refractivity contribution in [3.8, 4) is 0 Å². The van der Waals surface area contributed by atoms with Crippen LogP contribution in [0.25, 0.3) is 0 Å². The van der Waals surface area contributed by atoms with Crippen molar-refractivity contribution in [2.75, 3.05) is 0 Å². The molecule has 1 aromatic heterocycles. The van der Waals surface area contributed by atoms with Gasteiger partial charge in [0.15, 0.2) is 0 Å². The Bertz CT molecular complexity index is 342. The average Bonchev–Trinajstić information content (AvgIpc) is 2.32. The average molecular weight is 230 g/mol. The van der Waals surface area contributed by atoms with Crippen LogP contribution >= 0.6 is 11.6 Å². The highest BCUT2D eigenvalue weighted by Crippen LogP contribution is 2.24. The molecular weight excluding hydrogens is 210 g/mol. The summed E-state index contributed by atoms with van der Waals surface area (Å²) in [4.78, 5) is 0. The summed E-state index contributed by atoms with van der Waals surface area (Å²) in [6, 6.07) is 0. The van der Waals surface area contributed by atoms with Crippen molar-refractivity contribution in [3.63, 3.8) is 0 Å². The fraction of sp³-hybridized carbons (Fsp3) is 0.727. The summed E-state index contributed by atoms with van der Waals surface area (Å²) in [5, 5.41) is 5.04. The lowest BCUT2D eigenvalue weighted by Crippen LogP contribution is -2.39. The molecule has 86 valence electrons. The van der Waals surface area contributed by atoms with Crippen LogP contribution in [0.3, 0.4) is 0 Å². The minimum atomic E-state index is -0.196. The molecule has 1 aromatic rings. The first-order valence-electron chi connectivity index (χ1n) is 5.34. The highest BCUT2D eigenvalue weighted by molar-refractivity contribution is 6.31. The molecule has 4 heteroatoms. The molecule has 1 heterocycles. The van der Waals surface area contributed by atoms with E-state index in [4.69, 9.17) is 17.3 Å². The van der Waals surface area contributed by atoms with Gasteiger partial charge in [0.25, 0.3) is 0 Å². The van der Waals surface area contributed by atoms with Crippen molar-refractivity contribution in [2.45, 2.75) is 45.6 Å². The third kappa shape index (κ3) is 2.95.